The van der Waals surface area contributed by atoms with Crippen LogP contribution in [0.3, 0.4) is 0 Å². The molecular formula is C10H16N2O2. The smallest absolute Gasteiger partial charge is 0.311 e. The number of carbonyl (C=O) groups is 2. The summed E-state index contributed by atoms with van der Waals surface area (Å²) in [6.07, 6.45) is 3.49. The predicted molar refractivity (Wildman–Crippen MR) is 53.8 cm³/mol. The molecule has 1 fully saturated rings. The molecule has 1 heterocycles. The summed E-state index contributed by atoms with van der Waals surface area (Å²) in [6.45, 7) is 6.78. The van der Waals surface area contributed by atoms with Crippen molar-refractivity contribution < 1.29 is 9.59 Å². The summed E-state index contributed by atoms with van der Waals surface area (Å²) in [5.74, 6) is -0.0923. The van der Waals surface area contributed by atoms with E-state index in [2.05, 4.69) is 6.58 Å². The van der Waals surface area contributed by atoms with Crippen LogP contribution < -0.4 is 0 Å². The third-order valence-corrected chi connectivity index (χ3v) is 2.21. The molecule has 78 valence electrons. The van der Waals surface area contributed by atoms with Gasteiger partial charge in [-0.25, -0.2) is 4.79 Å². The van der Waals surface area contributed by atoms with Crippen LogP contribution >= 0.6 is 0 Å². The van der Waals surface area contributed by atoms with Crippen LogP contribution in [0, 0.1) is 0 Å². The van der Waals surface area contributed by atoms with E-state index in [1.807, 2.05) is 6.92 Å². The molecule has 0 N–H and O–H groups in total. The average molecular weight is 196 g/mol. The van der Waals surface area contributed by atoms with Gasteiger partial charge in [0.25, 0.3) is 0 Å². The molecule has 0 spiro atoms. The van der Waals surface area contributed by atoms with Crippen molar-refractivity contribution in [3.8, 4) is 0 Å². The number of rotatable bonds is 5. The maximum absolute atomic E-state index is 11.6. The minimum Gasteiger partial charge on any atom is -0.311 e. The molecule has 1 aliphatic rings. The number of unbranched alkanes of at least 4 members (excludes halogenated alkanes) is 1. The fraction of sp³-hybridized carbons (Fsp3) is 0.600. The standard InChI is InChI=1S/C10H16N2O2/c1-3-5-7-12-9(13)8-11(6-4-2)10(12)14/h4H,2-3,5-8H2,1H3. The minimum absolute atomic E-state index is 0.0923. The van der Waals surface area contributed by atoms with E-state index in [4.69, 9.17) is 0 Å². The van der Waals surface area contributed by atoms with Gasteiger partial charge in [-0.15, -0.1) is 6.58 Å². The quantitative estimate of drug-likeness (QED) is 0.490. The molecule has 1 saturated heterocycles. The lowest BCUT2D eigenvalue weighted by Crippen LogP contribution is -2.33. The highest BCUT2D eigenvalue weighted by molar-refractivity contribution is 6.02. The van der Waals surface area contributed by atoms with E-state index >= 15 is 0 Å². The van der Waals surface area contributed by atoms with Crippen molar-refractivity contribution in [2.24, 2.45) is 0 Å². The maximum atomic E-state index is 11.6. The van der Waals surface area contributed by atoms with Gasteiger partial charge in [0.15, 0.2) is 0 Å². The van der Waals surface area contributed by atoms with Gasteiger partial charge in [0.1, 0.15) is 6.54 Å². The molecule has 0 atom stereocenters. The number of urea groups is 1. The van der Waals surface area contributed by atoms with Crippen molar-refractivity contribution in [3.63, 3.8) is 0 Å². The van der Waals surface area contributed by atoms with Gasteiger partial charge in [0, 0.05) is 13.1 Å². The molecule has 0 aliphatic carbocycles. The SMILES string of the molecule is C=CCN1CC(=O)N(CCCC)C1=O. The lowest BCUT2D eigenvalue weighted by molar-refractivity contribution is -0.125. The number of carbonyl (C=O) groups excluding carboxylic acids is 2. The van der Waals surface area contributed by atoms with Crippen LogP contribution in [-0.2, 0) is 4.79 Å². The third kappa shape index (κ3) is 2.13. The van der Waals surface area contributed by atoms with E-state index in [9.17, 15) is 9.59 Å². The molecular weight excluding hydrogens is 180 g/mol. The van der Waals surface area contributed by atoms with Crippen LogP contribution in [0.4, 0.5) is 4.79 Å². The number of imide groups is 1. The summed E-state index contributed by atoms with van der Waals surface area (Å²) in [5.41, 5.74) is 0. The Morgan fingerprint density at radius 2 is 2.21 bits per heavy atom. The molecule has 0 saturated carbocycles. The van der Waals surface area contributed by atoms with Gasteiger partial charge in [0.2, 0.25) is 5.91 Å². The molecule has 0 aromatic carbocycles. The van der Waals surface area contributed by atoms with Crippen molar-refractivity contribution in [2.45, 2.75) is 19.8 Å². The fourth-order valence-electron chi connectivity index (χ4n) is 1.43. The lowest BCUT2D eigenvalue weighted by atomic mass is 10.3. The van der Waals surface area contributed by atoms with Gasteiger partial charge in [-0.1, -0.05) is 19.4 Å². The summed E-state index contributed by atoms with van der Waals surface area (Å²) in [6, 6.07) is -0.177. The molecule has 4 heteroatoms. The summed E-state index contributed by atoms with van der Waals surface area (Å²) < 4.78 is 0. The van der Waals surface area contributed by atoms with Gasteiger partial charge < -0.3 is 4.90 Å². The lowest BCUT2D eigenvalue weighted by Gasteiger charge is -2.14. The Morgan fingerprint density at radius 3 is 2.79 bits per heavy atom. The Labute approximate surface area is 84.2 Å². The maximum Gasteiger partial charge on any atom is 0.327 e. The van der Waals surface area contributed by atoms with Crippen molar-refractivity contribution in [1.82, 2.24) is 9.80 Å². The van der Waals surface area contributed by atoms with Crippen LogP contribution in [0.5, 0.6) is 0 Å². The van der Waals surface area contributed by atoms with E-state index in [-0.39, 0.29) is 18.5 Å². The topological polar surface area (TPSA) is 40.6 Å². The fourth-order valence-corrected chi connectivity index (χ4v) is 1.43. The average Bonchev–Trinajstić information content (AvgIpc) is 2.41. The Hall–Kier alpha value is -1.32. The first kappa shape index (κ1) is 10.8. The van der Waals surface area contributed by atoms with Crippen LogP contribution in [-0.4, -0.2) is 41.4 Å². The summed E-state index contributed by atoms with van der Waals surface area (Å²) in [4.78, 5) is 25.8. The second kappa shape index (κ2) is 4.79. The highest BCUT2D eigenvalue weighted by Gasteiger charge is 2.34. The highest BCUT2D eigenvalue weighted by atomic mass is 16.2. The van der Waals surface area contributed by atoms with Crippen molar-refractivity contribution in [3.05, 3.63) is 12.7 Å². The van der Waals surface area contributed by atoms with Gasteiger partial charge in [-0.2, -0.15) is 0 Å². The van der Waals surface area contributed by atoms with Crippen molar-refractivity contribution in [2.75, 3.05) is 19.6 Å². The molecule has 14 heavy (non-hydrogen) atoms. The van der Waals surface area contributed by atoms with Crippen LogP contribution in [0.2, 0.25) is 0 Å². The van der Waals surface area contributed by atoms with E-state index in [0.29, 0.717) is 13.1 Å². The molecule has 0 bridgehead atoms. The van der Waals surface area contributed by atoms with Gasteiger partial charge in [0.05, 0.1) is 0 Å². The number of hydrogen-bond acceptors (Lipinski definition) is 2. The Morgan fingerprint density at radius 1 is 1.50 bits per heavy atom. The number of amides is 3. The van der Waals surface area contributed by atoms with Crippen molar-refractivity contribution >= 4 is 11.9 Å². The summed E-state index contributed by atoms with van der Waals surface area (Å²) in [5, 5.41) is 0. The zero-order valence-corrected chi connectivity index (χ0v) is 8.53. The van der Waals surface area contributed by atoms with E-state index in [0.717, 1.165) is 12.8 Å². The predicted octanol–water partition coefficient (Wildman–Crippen LogP) is 1.24. The first-order valence-electron chi connectivity index (χ1n) is 4.90. The zero-order valence-electron chi connectivity index (χ0n) is 8.53. The zero-order chi connectivity index (χ0) is 10.6. The molecule has 0 aromatic heterocycles. The van der Waals surface area contributed by atoms with E-state index in [1.54, 1.807) is 6.08 Å². The molecule has 3 amide bonds. The molecule has 4 nitrogen and oxygen atoms in total. The molecule has 0 aromatic rings. The molecule has 1 rings (SSSR count). The molecule has 0 unspecified atom stereocenters. The largest absolute Gasteiger partial charge is 0.327 e. The van der Waals surface area contributed by atoms with Crippen LogP contribution in [0.25, 0.3) is 0 Å². The third-order valence-electron chi connectivity index (χ3n) is 2.21. The van der Waals surface area contributed by atoms with Crippen molar-refractivity contribution in [1.29, 1.82) is 0 Å². The van der Waals surface area contributed by atoms with Crippen LogP contribution in [0.1, 0.15) is 19.8 Å². The molecule has 0 radical (unpaired) electrons. The number of hydrogen-bond donors (Lipinski definition) is 0. The van der Waals surface area contributed by atoms with Gasteiger partial charge in [-0.05, 0) is 6.42 Å². The first-order chi connectivity index (χ1) is 6.70. The Kier molecular flexibility index (Phi) is 3.68. The second-order valence-electron chi connectivity index (χ2n) is 3.35. The summed E-state index contributed by atoms with van der Waals surface area (Å²) >= 11 is 0. The number of nitrogens with zero attached hydrogens (tertiary/aromatic N) is 2. The monoisotopic (exact) mass is 196 g/mol. The summed E-state index contributed by atoms with van der Waals surface area (Å²) in [7, 11) is 0. The Bertz CT molecular complexity index is 251. The Balaban J connectivity index is 2.56. The molecule has 1 aliphatic heterocycles. The highest BCUT2D eigenvalue weighted by Crippen LogP contribution is 2.10. The minimum atomic E-state index is -0.177. The normalized spacial score (nSPS) is 16.6. The van der Waals surface area contributed by atoms with Gasteiger partial charge >= 0.3 is 6.03 Å². The van der Waals surface area contributed by atoms with Gasteiger partial charge in [-0.3, -0.25) is 9.69 Å². The van der Waals surface area contributed by atoms with E-state index in [1.165, 1.54) is 9.80 Å². The van der Waals surface area contributed by atoms with E-state index < -0.39 is 0 Å². The van der Waals surface area contributed by atoms with Crippen LogP contribution in [0.15, 0.2) is 12.7 Å². The first-order valence-corrected chi connectivity index (χ1v) is 4.90. The second-order valence-corrected chi connectivity index (χ2v) is 3.35.